The predicted molar refractivity (Wildman–Crippen MR) is 66.3 cm³/mol. The van der Waals surface area contributed by atoms with Crippen LogP contribution in [0.2, 0.25) is 0 Å². The molecule has 2 rings (SSSR count). The quantitative estimate of drug-likeness (QED) is 0.821. The van der Waals surface area contributed by atoms with Gasteiger partial charge < -0.3 is 5.11 Å². The summed E-state index contributed by atoms with van der Waals surface area (Å²) >= 11 is 8.53. The maximum Gasteiger partial charge on any atom is 0.123 e. The average molecular weight is 257 g/mol. The van der Waals surface area contributed by atoms with E-state index in [4.69, 9.17) is 0 Å². The van der Waals surface area contributed by atoms with E-state index in [9.17, 15) is 5.11 Å². The van der Waals surface area contributed by atoms with Crippen molar-refractivity contribution in [1.82, 2.24) is 0 Å². The minimum atomic E-state index is 0.328. The van der Waals surface area contributed by atoms with Crippen molar-refractivity contribution in [1.29, 1.82) is 0 Å². The first-order valence-electron chi connectivity index (χ1n) is 4.52. The second-order valence-electron chi connectivity index (χ2n) is 2.94. The SMILES string of the molecule is ClOCl.Oc1ccccc1-c1ccccc1. The smallest absolute Gasteiger partial charge is 0.123 e. The Hall–Kier alpha value is -1.22. The Balaban J connectivity index is 0.000000386. The van der Waals surface area contributed by atoms with Crippen LogP contribution in [-0.2, 0) is 3.84 Å². The maximum absolute atomic E-state index is 9.56. The minimum absolute atomic E-state index is 0.328. The van der Waals surface area contributed by atoms with Crippen molar-refractivity contribution in [2.24, 2.45) is 0 Å². The van der Waals surface area contributed by atoms with Crippen molar-refractivity contribution in [3.63, 3.8) is 0 Å². The second-order valence-corrected chi connectivity index (χ2v) is 3.41. The number of rotatable bonds is 1. The maximum atomic E-state index is 9.56. The van der Waals surface area contributed by atoms with Crippen LogP contribution in [0.4, 0.5) is 0 Å². The van der Waals surface area contributed by atoms with Crippen LogP contribution >= 0.6 is 23.7 Å². The van der Waals surface area contributed by atoms with Crippen molar-refractivity contribution in [2.45, 2.75) is 0 Å². The van der Waals surface area contributed by atoms with E-state index >= 15 is 0 Å². The van der Waals surface area contributed by atoms with Gasteiger partial charge in [0.25, 0.3) is 0 Å². The van der Waals surface area contributed by atoms with Gasteiger partial charge in [-0.3, -0.25) is 0 Å². The molecule has 0 fully saturated rings. The number of para-hydroxylation sites is 1. The lowest BCUT2D eigenvalue weighted by Crippen LogP contribution is -1.76. The summed E-state index contributed by atoms with van der Waals surface area (Å²) in [6.07, 6.45) is 0. The van der Waals surface area contributed by atoms with E-state index in [1.807, 2.05) is 48.5 Å². The van der Waals surface area contributed by atoms with Crippen LogP contribution < -0.4 is 0 Å². The van der Waals surface area contributed by atoms with Gasteiger partial charge >= 0.3 is 0 Å². The van der Waals surface area contributed by atoms with Gasteiger partial charge in [0.15, 0.2) is 0 Å². The van der Waals surface area contributed by atoms with Crippen LogP contribution in [0.3, 0.4) is 0 Å². The molecule has 2 aromatic carbocycles. The first-order valence-corrected chi connectivity index (χ1v) is 5.14. The van der Waals surface area contributed by atoms with Crippen molar-refractivity contribution < 1.29 is 8.95 Å². The van der Waals surface area contributed by atoms with Gasteiger partial charge in [-0.15, -0.1) is 0 Å². The fourth-order valence-corrected chi connectivity index (χ4v) is 1.34. The number of phenols is 1. The third-order valence-corrected chi connectivity index (χ3v) is 1.99. The van der Waals surface area contributed by atoms with Crippen LogP contribution in [0, 0.1) is 0 Å². The molecule has 0 radical (unpaired) electrons. The Bertz CT molecular complexity index is 418. The van der Waals surface area contributed by atoms with Gasteiger partial charge in [0.05, 0.1) is 23.7 Å². The summed E-state index contributed by atoms with van der Waals surface area (Å²) in [5.41, 5.74) is 1.92. The Labute approximate surface area is 104 Å². The first-order chi connectivity index (χ1) is 7.79. The van der Waals surface area contributed by atoms with Crippen LogP contribution in [0.1, 0.15) is 0 Å². The van der Waals surface area contributed by atoms with E-state index in [2.05, 4.69) is 27.6 Å². The predicted octanol–water partition coefficient (Wildman–Crippen LogP) is 4.37. The summed E-state index contributed by atoms with van der Waals surface area (Å²) in [4.78, 5) is 0. The molecule has 0 aliphatic rings. The fourth-order valence-electron chi connectivity index (χ4n) is 1.34. The molecule has 84 valence electrons. The summed E-state index contributed by atoms with van der Waals surface area (Å²) in [6.45, 7) is 0. The van der Waals surface area contributed by atoms with Gasteiger partial charge in [-0.25, -0.2) is 0 Å². The molecule has 0 spiro atoms. The third-order valence-electron chi connectivity index (χ3n) is 1.99. The van der Waals surface area contributed by atoms with Crippen LogP contribution in [0.5, 0.6) is 5.75 Å². The van der Waals surface area contributed by atoms with Gasteiger partial charge in [0.1, 0.15) is 5.75 Å². The van der Waals surface area contributed by atoms with Crippen molar-refractivity contribution in [2.75, 3.05) is 0 Å². The number of halogens is 2. The lowest BCUT2D eigenvalue weighted by Gasteiger charge is -2.02. The third kappa shape index (κ3) is 3.74. The van der Waals surface area contributed by atoms with E-state index in [0.29, 0.717) is 5.75 Å². The van der Waals surface area contributed by atoms with Crippen LogP contribution in [-0.4, -0.2) is 5.11 Å². The Morgan fingerprint density at radius 3 is 1.88 bits per heavy atom. The number of hydrogen-bond donors (Lipinski definition) is 1. The van der Waals surface area contributed by atoms with E-state index < -0.39 is 0 Å². The molecule has 0 atom stereocenters. The van der Waals surface area contributed by atoms with Gasteiger partial charge in [0.2, 0.25) is 0 Å². The minimum Gasteiger partial charge on any atom is -0.507 e. The monoisotopic (exact) mass is 256 g/mol. The van der Waals surface area contributed by atoms with Crippen LogP contribution in [0.15, 0.2) is 54.6 Å². The molecule has 0 bridgehead atoms. The zero-order valence-corrected chi connectivity index (χ0v) is 9.82. The highest BCUT2D eigenvalue weighted by atomic mass is 35.6. The second kappa shape index (κ2) is 7.12. The summed E-state index contributed by atoms with van der Waals surface area (Å²) in [5, 5.41) is 9.56. The van der Waals surface area contributed by atoms with Crippen molar-refractivity contribution >= 4 is 23.7 Å². The Morgan fingerprint density at radius 1 is 0.812 bits per heavy atom. The highest BCUT2D eigenvalue weighted by Crippen LogP contribution is 2.27. The van der Waals surface area contributed by atoms with Crippen molar-refractivity contribution in [3.05, 3.63) is 54.6 Å². The lowest BCUT2D eigenvalue weighted by atomic mass is 10.1. The molecule has 0 saturated carbocycles. The summed E-state index contributed by atoms with van der Waals surface area (Å²) in [5.74, 6) is 0.328. The molecule has 0 aliphatic heterocycles. The first kappa shape index (κ1) is 12.8. The van der Waals surface area contributed by atoms with Gasteiger partial charge in [-0.05, 0) is 11.6 Å². The van der Waals surface area contributed by atoms with Gasteiger partial charge in [0, 0.05) is 5.56 Å². The van der Waals surface area contributed by atoms with Gasteiger partial charge in [-0.1, -0.05) is 48.5 Å². The van der Waals surface area contributed by atoms with E-state index in [-0.39, 0.29) is 0 Å². The molecule has 0 heterocycles. The zero-order valence-electron chi connectivity index (χ0n) is 8.31. The molecule has 2 nitrogen and oxygen atoms in total. The van der Waals surface area contributed by atoms with Gasteiger partial charge in [-0.2, -0.15) is 3.84 Å². The molecule has 0 unspecified atom stereocenters. The number of aromatic hydroxyl groups is 1. The Kier molecular flexibility index (Phi) is 5.72. The molecule has 0 aromatic heterocycles. The fraction of sp³-hybridized carbons (Fsp3) is 0. The molecular formula is C12H10Cl2O2. The molecule has 4 heteroatoms. The highest BCUT2D eigenvalue weighted by Gasteiger charge is 2.00. The standard InChI is InChI=1S/C12H10O.Cl2O/c13-12-9-5-4-8-11(12)10-6-2-1-3-7-10;1-3-2/h1-9,13H;. The number of benzene rings is 2. The molecule has 1 N–H and O–H groups in total. The van der Waals surface area contributed by atoms with Crippen LogP contribution in [0.25, 0.3) is 11.1 Å². The molecule has 0 saturated heterocycles. The zero-order chi connectivity index (χ0) is 11.8. The van der Waals surface area contributed by atoms with E-state index in [1.54, 1.807) is 6.07 Å². The van der Waals surface area contributed by atoms with E-state index in [0.717, 1.165) is 11.1 Å². The van der Waals surface area contributed by atoms with E-state index in [1.165, 1.54) is 0 Å². The molecule has 16 heavy (non-hydrogen) atoms. The average Bonchev–Trinajstić information content (AvgIpc) is 2.32. The van der Waals surface area contributed by atoms with Crippen molar-refractivity contribution in [3.8, 4) is 16.9 Å². The Morgan fingerprint density at radius 2 is 1.31 bits per heavy atom. The molecular weight excluding hydrogens is 247 g/mol. The topological polar surface area (TPSA) is 29.5 Å². The number of hydrogen-bond acceptors (Lipinski definition) is 2. The molecule has 0 amide bonds. The lowest BCUT2D eigenvalue weighted by molar-refractivity contribution is 0.477. The summed E-state index contributed by atoms with van der Waals surface area (Å²) in [7, 11) is 0. The molecule has 2 aromatic rings. The molecule has 0 aliphatic carbocycles. The largest absolute Gasteiger partial charge is 0.507 e. The number of phenolic OH excluding ortho intramolecular Hbond substituents is 1. The normalized spacial score (nSPS) is 9.12. The highest BCUT2D eigenvalue weighted by molar-refractivity contribution is 6.24. The summed E-state index contributed by atoms with van der Waals surface area (Å²) < 4.78 is 3.19. The summed E-state index contributed by atoms with van der Waals surface area (Å²) in [6, 6.07) is 17.2.